The summed E-state index contributed by atoms with van der Waals surface area (Å²) in [7, 11) is 6.21. The number of anilines is 2. The summed E-state index contributed by atoms with van der Waals surface area (Å²) in [5.41, 5.74) is 3.72. The lowest BCUT2D eigenvalue weighted by Gasteiger charge is -2.48. The van der Waals surface area contributed by atoms with Crippen LogP contribution in [0.1, 0.15) is 31.2 Å². The zero-order chi connectivity index (χ0) is 23.9. The minimum Gasteiger partial charge on any atom is -0.395 e. The van der Waals surface area contributed by atoms with Crippen LogP contribution in [0.3, 0.4) is 0 Å². The molecule has 1 saturated heterocycles. The highest BCUT2D eigenvalue weighted by atomic mass is 16.3. The normalized spacial score (nSPS) is 24.9. The molecule has 2 fully saturated rings. The first-order valence-electron chi connectivity index (χ1n) is 12.0. The van der Waals surface area contributed by atoms with Gasteiger partial charge in [0, 0.05) is 24.8 Å². The quantitative estimate of drug-likeness (QED) is 0.523. The monoisotopic (exact) mass is 462 g/mol. The predicted molar refractivity (Wildman–Crippen MR) is 135 cm³/mol. The van der Waals surface area contributed by atoms with Crippen molar-refractivity contribution in [2.75, 3.05) is 50.6 Å². The molecule has 0 atom stereocenters. The molecule has 1 aliphatic heterocycles. The van der Waals surface area contributed by atoms with Gasteiger partial charge in [-0.05, 0) is 63.5 Å². The Kier molecular flexibility index (Phi) is 5.73. The lowest BCUT2D eigenvalue weighted by molar-refractivity contribution is 0.0658. The number of H-pyrrole nitrogens is 1. The fourth-order valence-electron chi connectivity index (χ4n) is 5.67. The number of aromatic nitrogens is 2. The number of nitrogens with zero attached hydrogens (tertiary/aromatic N) is 4. The Morgan fingerprint density at radius 2 is 1.79 bits per heavy atom. The van der Waals surface area contributed by atoms with Gasteiger partial charge in [-0.3, -0.25) is 9.80 Å². The minimum absolute atomic E-state index is 0.00436. The first-order chi connectivity index (χ1) is 16.4. The number of likely N-dealkylation sites (N-methyl/N-ethyl adjacent to an activating group) is 1. The second-order valence-corrected chi connectivity index (χ2v) is 10.00. The molecule has 1 spiro atoms. The summed E-state index contributed by atoms with van der Waals surface area (Å²) in [6.45, 7) is 1.23. The molecule has 180 valence electrons. The van der Waals surface area contributed by atoms with Gasteiger partial charge < -0.3 is 20.3 Å². The van der Waals surface area contributed by atoms with Crippen LogP contribution < -0.4 is 15.1 Å². The lowest BCUT2D eigenvalue weighted by atomic mass is 9.69. The zero-order valence-electron chi connectivity index (χ0n) is 20.2. The molecule has 2 aliphatic rings. The highest BCUT2D eigenvalue weighted by Crippen LogP contribution is 2.46. The highest BCUT2D eigenvalue weighted by molar-refractivity contribution is 5.97. The number of fused-ring (bicyclic) bond motifs is 1. The largest absolute Gasteiger partial charge is 0.395 e. The van der Waals surface area contributed by atoms with Gasteiger partial charge in [0.15, 0.2) is 0 Å². The van der Waals surface area contributed by atoms with Crippen LogP contribution in [0, 0.1) is 0 Å². The first kappa shape index (κ1) is 22.7. The fourth-order valence-corrected chi connectivity index (χ4v) is 5.67. The maximum Gasteiger partial charge on any atom is 0.322 e. The van der Waals surface area contributed by atoms with Crippen molar-refractivity contribution in [1.29, 1.82) is 0 Å². The van der Waals surface area contributed by atoms with Crippen molar-refractivity contribution < 1.29 is 9.90 Å². The number of nitrogens with one attached hydrogen (secondary N) is 2. The SMILES string of the molecule is CN(CCO)c1nc2cc(N3C[C@]4(CC[C@@](c5ccccc5)(N(C)C)CC4)NC3=O)ccc2[nH]1. The summed E-state index contributed by atoms with van der Waals surface area (Å²) in [6, 6.07) is 16.6. The first-order valence-corrected chi connectivity index (χ1v) is 12.0. The highest BCUT2D eigenvalue weighted by Gasteiger charge is 2.50. The molecule has 5 rings (SSSR count). The Morgan fingerprint density at radius 1 is 1.06 bits per heavy atom. The number of amides is 2. The molecule has 1 aliphatic carbocycles. The smallest absolute Gasteiger partial charge is 0.322 e. The van der Waals surface area contributed by atoms with Crippen LogP contribution in [-0.2, 0) is 5.54 Å². The van der Waals surface area contributed by atoms with Crippen LogP contribution in [0.5, 0.6) is 0 Å². The molecule has 0 bridgehead atoms. The Bertz CT molecular complexity index is 1170. The number of hydrogen-bond donors (Lipinski definition) is 3. The van der Waals surface area contributed by atoms with Gasteiger partial charge in [-0.2, -0.15) is 0 Å². The molecule has 34 heavy (non-hydrogen) atoms. The van der Waals surface area contributed by atoms with E-state index in [1.165, 1.54) is 5.56 Å². The number of aliphatic hydroxyl groups excluding tert-OH is 1. The van der Waals surface area contributed by atoms with Crippen molar-refractivity contribution in [2.24, 2.45) is 0 Å². The molecule has 0 radical (unpaired) electrons. The second kappa shape index (κ2) is 8.60. The van der Waals surface area contributed by atoms with Crippen LogP contribution in [0.15, 0.2) is 48.5 Å². The minimum atomic E-state index is -0.210. The number of hydrogen-bond acceptors (Lipinski definition) is 5. The third-order valence-electron chi connectivity index (χ3n) is 7.84. The molecule has 3 aromatic rings. The number of imidazole rings is 1. The number of aromatic amines is 1. The summed E-state index contributed by atoms with van der Waals surface area (Å²) in [5, 5.41) is 12.5. The van der Waals surface area contributed by atoms with E-state index in [9.17, 15) is 9.90 Å². The van der Waals surface area contributed by atoms with Crippen LogP contribution in [0.25, 0.3) is 11.0 Å². The number of carbonyl (C=O) groups is 1. The Hall–Kier alpha value is -3.10. The van der Waals surface area contributed by atoms with Crippen LogP contribution in [-0.4, -0.2) is 72.4 Å². The van der Waals surface area contributed by atoms with Gasteiger partial charge in [0.25, 0.3) is 0 Å². The molecule has 1 saturated carbocycles. The van der Waals surface area contributed by atoms with E-state index in [1.54, 1.807) is 0 Å². The average Bonchev–Trinajstić information content (AvgIpc) is 3.41. The molecule has 1 aromatic heterocycles. The van der Waals surface area contributed by atoms with Crippen LogP contribution >= 0.6 is 0 Å². The van der Waals surface area contributed by atoms with Crippen molar-refractivity contribution in [1.82, 2.24) is 20.2 Å². The molecule has 0 unspecified atom stereocenters. The predicted octanol–water partition coefficient (Wildman–Crippen LogP) is 3.29. The summed E-state index contributed by atoms with van der Waals surface area (Å²) < 4.78 is 0. The van der Waals surface area contributed by atoms with Gasteiger partial charge in [-0.25, -0.2) is 9.78 Å². The summed E-state index contributed by atoms with van der Waals surface area (Å²) >= 11 is 0. The summed E-state index contributed by atoms with van der Waals surface area (Å²) in [5.74, 6) is 0.705. The van der Waals surface area contributed by atoms with Crippen LogP contribution in [0.2, 0.25) is 0 Å². The van der Waals surface area contributed by atoms with E-state index in [2.05, 4.69) is 64.6 Å². The van der Waals surface area contributed by atoms with Gasteiger partial charge in [-0.15, -0.1) is 0 Å². The maximum absolute atomic E-state index is 13.1. The topological polar surface area (TPSA) is 87.7 Å². The Labute approximate surface area is 200 Å². The van der Waals surface area contributed by atoms with E-state index in [-0.39, 0.29) is 23.7 Å². The van der Waals surface area contributed by atoms with Gasteiger partial charge in [0.05, 0.1) is 29.7 Å². The zero-order valence-corrected chi connectivity index (χ0v) is 20.2. The number of rotatable bonds is 6. The molecule has 2 heterocycles. The molecular formula is C26H34N6O2. The van der Waals surface area contributed by atoms with E-state index in [0.29, 0.717) is 19.0 Å². The van der Waals surface area contributed by atoms with Crippen LogP contribution in [0.4, 0.5) is 16.4 Å². The molecule has 8 nitrogen and oxygen atoms in total. The van der Waals surface area contributed by atoms with Crippen molar-refractivity contribution in [2.45, 2.75) is 36.8 Å². The molecule has 8 heteroatoms. The third kappa shape index (κ3) is 3.80. The number of aliphatic hydroxyl groups is 1. The van der Waals surface area contributed by atoms with Gasteiger partial charge in [0.1, 0.15) is 0 Å². The fraction of sp³-hybridized carbons (Fsp3) is 0.462. The van der Waals surface area contributed by atoms with Crippen molar-refractivity contribution in [3.05, 3.63) is 54.1 Å². The lowest BCUT2D eigenvalue weighted by Crippen LogP contribution is -2.54. The van der Waals surface area contributed by atoms with Gasteiger partial charge >= 0.3 is 6.03 Å². The molecule has 3 N–H and O–H groups in total. The van der Waals surface area contributed by atoms with E-state index in [1.807, 2.05) is 35.0 Å². The number of urea groups is 1. The summed E-state index contributed by atoms with van der Waals surface area (Å²) in [6.07, 6.45) is 3.86. The standard InChI is InChI=1S/C26H34N6O2/c1-30(2)26(19-7-5-4-6-8-19)13-11-25(12-14-26)18-32(24(34)29-25)20-9-10-21-22(17-20)28-23(27-21)31(3)15-16-33/h4-10,17,33H,11-16,18H2,1-3H3,(H,27,28)(H,29,34)/t25-,26-. The Balaban J connectivity index is 1.35. The van der Waals surface area contributed by atoms with Crippen molar-refractivity contribution in [3.8, 4) is 0 Å². The van der Waals surface area contributed by atoms with E-state index in [4.69, 9.17) is 0 Å². The van der Waals surface area contributed by atoms with E-state index >= 15 is 0 Å². The molecule has 2 aromatic carbocycles. The van der Waals surface area contributed by atoms with E-state index in [0.717, 1.165) is 42.4 Å². The third-order valence-corrected chi connectivity index (χ3v) is 7.84. The van der Waals surface area contributed by atoms with Gasteiger partial charge in [0.2, 0.25) is 5.95 Å². The van der Waals surface area contributed by atoms with Crippen molar-refractivity contribution in [3.63, 3.8) is 0 Å². The van der Waals surface area contributed by atoms with Crippen molar-refractivity contribution >= 4 is 28.7 Å². The molecular weight excluding hydrogens is 428 g/mol. The maximum atomic E-state index is 13.1. The number of carbonyl (C=O) groups excluding carboxylic acids is 1. The Morgan fingerprint density at radius 3 is 2.47 bits per heavy atom. The summed E-state index contributed by atoms with van der Waals surface area (Å²) in [4.78, 5) is 27.1. The number of benzene rings is 2. The van der Waals surface area contributed by atoms with E-state index < -0.39 is 0 Å². The average molecular weight is 463 g/mol. The molecule has 2 amide bonds. The van der Waals surface area contributed by atoms with Gasteiger partial charge in [-0.1, -0.05) is 30.3 Å². The second-order valence-electron chi connectivity index (χ2n) is 10.00.